The van der Waals surface area contributed by atoms with Crippen LogP contribution in [0.25, 0.3) is 0 Å². The first kappa shape index (κ1) is 15.7. The van der Waals surface area contributed by atoms with Crippen LogP contribution in [0.3, 0.4) is 0 Å². The van der Waals surface area contributed by atoms with E-state index in [1.807, 2.05) is 22.6 Å². The summed E-state index contributed by atoms with van der Waals surface area (Å²) in [6.45, 7) is 0. The zero-order chi connectivity index (χ0) is 15.6. The van der Waals surface area contributed by atoms with Gasteiger partial charge in [0.05, 0.1) is 8.49 Å². The Morgan fingerprint density at radius 2 is 1.81 bits per heavy atom. The lowest BCUT2D eigenvalue weighted by atomic mass is 10.3. The molecule has 0 radical (unpaired) electrons. The summed E-state index contributed by atoms with van der Waals surface area (Å²) < 4.78 is 29.4. The third-order valence-electron chi connectivity index (χ3n) is 2.50. The standard InChI is InChI=1S/C12H9IN2O5S/c13-9-3-1-2-4-10(9)20-11-6-5-8(15(16)17)7-12(11)21(14,18)19/h1-7H,(H2,14,18,19). The Morgan fingerprint density at radius 1 is 1.14 bits per heavy atom. The Labute approximate surface area is 134 Å². The van der Waals surface area contributed by atoms with Gasteiger partial charge in [-0.1, -0.05) is 12.1 Å². The Morgan fingerprint density at radius 3 is 2.38 bits per heavy atom. The SMILES string of the molecule is NS(=O)(=O)c1cc([N+](=O)[O-])ccc1Oc1ccccc1I. The van der Waals surface area contributed by atoms with E-state index in [4.69, 9.17) is 9.88 Å². The third kappa shape index (κ3) is 3.68. The van der Waals surface area contributed by atoms with Crippen LogP contribution in [0, 0.1) is 13.7 Å². The zero-order valence-corrected chi connectivity index (χ0v) is 13.4. The van der Waals surface area contributed by atoms with Crippen LogP contribution in [0.2, 0.25) is 0 Å². The lowest BCUT2D eigenvalue weighted by Gasteiger charge is -2.10. The number of halogens is 1. The van der Waals surface area contributed by atoms with Gasteiger partial charge >= 0.3 is 0 Å². The van der Waals surface area contributed by atoms with E-state index in [0.29, 0.717) is 5.75 Å². The average Bonchev–Trinajstić information content (AvgIpc) is 2.40. The van der Waals surface area contributed by atoms with Gasteiger partial charge in [0.25, 0.3) is 5.69 Å². The van der Waals surface area contributed by atoms with Gasteiger partial charge in [0, 0.05) is 12.1 Å². The van der Waals surface area contributed by atoms with Gasteiger partial charge in [0.15, 0.2) is 0 Å². The monoisotopic (exact) mass is 420 g/mol. The number of nitrogens with two attached hydrogens (primary N) is 1. The fraction of sp³-hybridized carbons (Fsp3) is 0. The molecule has 110 valence electrons. The molecule has 0 aliphatic heterocycles. The molecular formula is C12H9IN2O5S. The highest BCUT2D eigenvalue weighted by molar-refractivity contribution is 14.1. The number of nitrogens with zero attached hydrogens (tertiary/aromatic N) is 1. The van der Waals surface area contributed by atoms with Crippen molar-refractivity contribution in [1.82, 2.24) is 0 Å². The van der Waals surface area contributed by atoms with E-state index in [1.165, 1.54) is 6.07 Å². The van der Waals surface area contributed by atoms with Gasteiger partial charge in [-0.25, -0.2) is 13.6 Å². The highest BCUT2D eigenvalue weighted by Gasteiger charge is 2.21. The molecule has 0 aliphatic carbocycles. The van der Waals surface area contributed by atoms with E-state index in [2.05, 4.69) is 0 Å². The lowest BCUT2D eigenvalue weighted by Crippen LogP contribution is -2.13. The predicted octanol–water partition coefficient (Wildman–Crippen LogP) is 2.64. The van der Waals surface area contributed by atoms with E-state index in [-0.39, 0.29) is 11.4 Å². The molecule has 0 unspecified atom stereocenters. The van der Waals surface area contributed by atoms with Gasteiger partial charge < -0.3 is 4.74 Å². The maximum absolute atomic E-state index is 11.6. The molecule has 2 aromatic rings. The molecular weight excluding hydrogens is 411 g/mol. The van der Waals surface area contributed by atoms with Crippen LogP contribution in [0.5, 0.6) is 11.5 Å². The summed E-state index contributed by atoms with van der Waals surface area (Å²) in [7, 11) is -4.15. The van der Waals surface area contributed by atoms with Gasteiger partial charge in [-0.2, -0.15) is 0 Å². The highest BCUT2D eigenvalue weighted by Crippen LogP contribution is 2.33. The number of non-ortho nitro benzene ring substituents is 1. The minimum atomic E-state index is -4.15. The summed E-state index contributed by atoms with van der Waals surface area (Å²) >= 11 is 2.02. The summed E-state index contributed by atoms with van der Waals surface area (Å²) in [4.78, 5) is 9.59. The molecule has 0 bridgehead atoms. The Balaban J connectivity index is 2.54. The smallest absolute Gasteiger partial charge is 0.271 e. The minimum absolute atomic E-state index is 0.0628. The fourth-order valence-corrected chi connectivity index (χ4v) is 2.74. The fourth-order valence-electron chi connectivity index (χ4n) is 1.56. The van der Waals surface area contributed by atoms with Gasteiger partial charge in [-0.05, 0) is 40.8 Å². The van der Waals surface area contributed by atoms with Crippen LogP contribution in [-0.2, 0) is 10.0 Å². The van der Waals surface area contributed by atoms with Crippen molar-refractivity contribution in [2.45, 2.75) is 4.90 Å². The second kappa shape index (κ2) is 5.95. The van der Waals surface area contributed by atoms with E-state index < -0.39 is 19.8 Å². The maximum Gasteiger partial charge on any atom is 0.271 e. The molecule has 7 nitrogen and oxygen atoms in total. The number of benzene rings is 2. The van der Waals surface area contributed by atoms with Crippen LogP contribution in [-0.4, -0.2) is 13.3 Å². The van der Waals surface area contributed by atoms with Crippen molar-refractivity contribution in [2.24, 2.45) is 5.14 Å². The van der Waals surface area contributed by atoms with Crippen molar-refractivity contribution in [1.29, 1.82) is 0 Å². The van der Waals surface area contributed by atoms with Crippen molar-refractivity contribution < 1.29 is 18.1 Å². The molecule has 21 heavy (non-hydrogen) atoms. The number of ether oxygens (including phenoxy) is 1. The highest BCUT2D eigenvalue weighted by atomic mass is 127. The Bertz CT molecular complexity index is 807. The van der Waals surface area contributed by atoms with Crippen LogP contribution >= 0.6 is 22.6 Å². The molecule has 0 amide bonds. The number of nitro groups is 1. The summed E-state index contributed by atoms with van der Waals surface area (Å²) in [5.41, 5.74) is -0.380. The molecule has 2 aromatic carbocycles. The van der Waals surface area contributed by atoms with E-state index in [9.17, 15) is 18.5 Å². The van der Waals surface area contributed by atoms with E-state index >= 15 is 0 Å². The number of nitro benzene ring substituents is 1. The van der Waals surface area contributed by atoms with Crippen molar-refractivity contribution >= 4 is 38.3 Å². The van der Waals surface area contributed by atoms with Crippen molar-refractivity contribution in [3.63, 3.8) is 0 Å². The van der Waals surface area contributed by atoms with Gasteiger partial charge in [0.1, 0.15) is 16.4 Å². The normalized spacial score (nSPS) is 11.1. The van der Waals surface area contributed by atoms with Gasteiger partial charge in [0.2, 0.25) is 10.0 Å². The molecule has 0 fully saturated rings. The molecule has 9 heteroatoms. The summed E-state index contributed by atoms with van der Waals surface area (Å²) in [5.74, 6) is 0.365. The molecule has 2 rings (SSSR count). The second-order valence-electron chi connectivity index (χ2n) is 3.97. The summed E-state index contributed by atoms with van der Waals surface area (Å²) in [5, 5.41) is 15.8. The van der Waals surface area contributed by atoms with E-state index in [0.717, 1.165) is 15.7 Å². The first-order valence-electron chi connectivity index (χ1n) is 5.52. The van der Waals surface area contributed by atoms with Crippen molar-refractivity contribution in [2.75, 3.05) is 0 Å². The number of rotatable bonds is 4. The number of primary sulfonamides is 1. The average molecular weight is 420 g/mol. The van der Waals surface area contributed by atoms with Crippen LogP contribution in [0.1, 0.15) is 0 Å². The summed E-state index contributed by atoms with van der Waals surface area (Å²) in [6.07, 6.45) is 0. The largest absolute Gasteiger partial charge is 0.455 e. The molecule has 0 spiro atoms. The third-order valence-corrected chi connectivity index (χ3v) is 4.32. The molecule has 0 saturated heterocycles. The van der Waals surface area contributed by atoms with Gasteiger partial charge in [-0.3, -0.25) is 10.1 Å². The van der Waals surface area contributed by atoms with Crippen LogP contribution in [0.15, 0.2) is 47.4 Å². The molecule has 2 N–H and O–H groups in total. The summed E-state index contributed by atoms with van der Waals surface area (Å²) in [6, 6.07) is 10.2. The minimum Gasteiger partial charge on any atom is -0.455 e. The van der Waals surface area contributed by atoms with Crippen molar-refractivity contribution in [3.05, 3.63) is 56.1 Å². The quantitative estimate of drug-likeness (QED) is 0.464. The maximum atomic E-state index is 11.6. The zero-order valence-electron chi connectivity index (χ0n) is 10.4. The Kier molecular flexibility index (Phi) is 4.44. The first-order valence-corrected chi connectivity index (χ1v) is 8.15. The van der Waals surface area contributed by atoms with Crippen LogP contribution in [0.4, 0.5) is 5.69 Å². The molecule has 0 heterocycles. The predicted molar refractivity (Wildman–Crippen MR) is 83.7 cm³/mol. The molecule has 0 atom stereocenters. The second-order valence-corrected chi connectivity index (χ2v) is 6.66. The molecule has 0 aromatic heterocycles. The topological polar surface area (TPSA) is 113 Å². The van der Waals surface area contributed by atoms with Crippen molar-refractivity contribution in [3.8, 4) is 11.5 Å². The molecule has 0 aliphatic rings. The van der Waals surface area contributed by atoms with E-state index in [1.54, 1.807) is 24.3 Å². The van der Waals surface area contributed by atoms with Gasteiger partial charge in [-0.15, -0.1) is 0 Å². The molecule has 0 saturated carbocycles. The lowest BCUT2D eigenvalue weighted by molar-refractivity contribution is -0.385. The Hall–Kier alpha value is -1.72. The number of para-hydroxylation sites is 1. The first-order chi connectivity index (χ1) is 9.79. The number of sulfonamides is 1. The number of hydrogen-bond donors (Lipinski definition) is 1. The van der Waals surface area contributed by atoms with Crippen LogP contribution < -0.4 is 9.88 Å². The number of hydrogen-bond acceptors (Lipinski definition) is 5.